The molecule has 1 saturated heterocycles. The summed E-state index contributed by atoms with van der Waals surface area (Å²) in [7, 11) is 0. The Morgan fingerprint density at radius 2 is 2.03 bits per heavy atom. The first-order valence-electron chi connectivity index (χ1n) is 11.3. The Morgan fingerprint density at radius 1 is 1.26 bits per heavy atom. The molecule has 1 fully saturated rings. The molecule has 186 valence electrons. The van der Waals surface area contributed by atoms with E-state index in [1.807, 2.05) is 42.7 Å². The van der Waals surface area contributed by atoms with Gasteiger partial charge in [-0.25, -0.2) is 4.79 Å². The normalized spacial score (nSPS) is 15.7. The zero-order chi connectivity index (χ0) is 25.2. The van der Waals surface area contributed by atoms with Gasteiger partial charge in [-0.3, -0.25) is 9.59 Å². The van der Waals surface area contributed by atoms with Gasteiger partial charge < -0.3 is 25.8 Å². The standard InChI is InChI=1S/C25H29N3O5S2/c1-35-12-11-21(24(31)32)28-23(30)19-9-7-16(13-20(19)17-5-3-2-4-6-17)14-26-25(34)33-15-18-8-10-22(29)27-18/h2-7,9,13,18,21H,8,10-12,14-15H2,1H3,(H,26,34)(H,27,29)(H,28,30)(H,31,32)/t18-,21-/m0/s1. The lowest BCUT2D eigenvalue weighted by Crippen LogP contribution is -2.41. The van der Waals surface area contributed by atoms with E-state index in [9.17, 15) is 19.5 Å². The maximum Gasteiger partial charge on any atom is 0.326 e. The van der Waals surface area contributed by atoms with E-state index in [4.69, 9.17) is 17.0 Å². The predicted molar refractivity (Wildman–Crippen MR) is 140 cm³/mol. The van der Waals surface area contributed by atoms with Crippen molar-refractivity contribution in [3.8, 4) is 11.1 Å². The molecule has 2 aromatic carbocycles. The van der Waals surface area contributed by atoms with Gasteiger partial charge in [0.05, 0.1) is 6.04 Å². The topological polar surface area (TPSA) is 117 Å². The highest BCUT2D eigenvalue weighted by atomic mass is 32.2. The molecule has 1 aliphatic rings. The molecule has 4 N–H and O–H groups in total. The van der Waals surface area contributed by atoms with E-state index in [0.717, 1.165) is 17.5 Å². The number of amides is 2. The molecule has 0 unspecified atom stereocenters. The van der Waals surface area contributed by atoms with Crippen molar-refractivity contribution in [2.75, 3.05) is 18.6 Å². The summed E-state index contributed by atoms with van der Waals surface area (Å²) in [5.41, 5.74) is 2.80. The molecule has 0 spiro atoms. The van der Waals surface area contributed by atoms with Gasteiger partial charge in [-0.05, 0) is 65.9 Å². The van der Waals surface area contributed by atoms with Crippen LogP contribution in [0.5, 0.6) is 0 Å². The number of carboxylic acid groups (broad SMARTS) is 1. The third-order valence-corrected chi connectivity index (χ3v) is 6.47. The van der Waals surface area contributed by atoms with Crippen LogP contribution in [-0.2, 0) is 20.9 Å². The average molecular weight is 516 g/mol. The van der Waals surface area contributed by atoms with E-state index >= 15 is 0 Å². The third kappa shape index (κ3) is 7.97. The molecule has 0 saturated carbocycles. The Hall–Kier alpha value is -3.11. The van der Waals surface area contributed by atoms with Crippen LogP contribution in [-0.4, -0.2) is 58.8 Å². The number of hydrogen-bond donors (Lipinski definition) is 4. The van der Waals surface area contributed by atoms with Crippen LogP contribution in [0.15, 0.2) is 48.5 Å². The summed E-state index contributed by atoms with van der Waals surface area (Å²) >= 11 is 6.78. The lowest BCUT2D eigenvalue weighted by molar-refractivity contribution is -0.139. The second kappa shape index (κ2) is 13.1. The van der Waals surface area contributed by atoms with Gasteiger partial charge in [-0.15, -0.1) is 0 Å². The number of hydrogen-bond acceptors (Lipinski definition) is 6. The number of benzene rings is 2. The second-order valence-electron chi connectivity index (χ2n) is 8.15. The van der Waals surface area contributed by atoms with E-state index in [-0.39, 0.29) is 17.1 Å². The minimum Gasteiger partial charge on any atom is -0.480 e. The number of carbonyl (C=O) groups is 3. The van der Waals surface area contributed by atoms with Crippen LogP contribution in [0.4, 0.5) is 0 Å². The average Bonchev–Trinajstić information content (AvgIpc) is 3.29. The maximum absolute atomic E-state index is 13.1. The summed E-state index contributed by atoms with van der Waals surface area (Å²) < 4.78 is 5.56. The molecule has 8 nitrogen and oxygen atoms in total. The zero-order valence-corrected chi connectivity index (χ0v) is 21.0. The van der Waals surface area contributed by atoms with Crippen LogP contribution < -0.4 is 16.0 Å². The number of carboxylic acids is 1. The van der Waals surface area contributed by atoms with Gasteiger partial charge in [0, 0.05) is 18.5 Å². The van der Waals surface area contributed by atoms with Gasteiger partial charge in [0.25, 0.3) is 11.1 Å². The summed E-state index contributed by atoms with van der Waals surface area (Å²) in [6.07, 6.45) is 3.46. The quantitative estimate of drug-likeness (QED) is 0.338. The number of nitrogens with one attached hydrogen (secondary N) is 3. The highest BCUT2D eigenvalue weighted by Gasteiger charge is 2.23. The summed E-state index contributed by atoms with van der Waals surface area (Å²) in [6, 6.07) is 13.8. The van der Waals surface area contributed by atoms with E-state index in [1.54, 1.807) is 12.1 Å². The molecule has 0 aliphatic carbocycles. The fourth-order valence-corrected chi connectivity index (χ4v) is 4.30. The van der Waals surface area contributed by atoms with Gasteiger partial charge in [-0.2, -0.15) is 11.8 Å². The Kier molecular flexibility index (Phi) is 9.92. The van der Waals surface area contributed by atoms with Crippen molar-refractivity contribution in [1.82, 2.24) is 16.0 Å². The number of rotatable bonds is 11. The van der Waals surface area contributed by atoms with Crippen LogP contribution in [0, 0.1) is 0 Å². The molecule has 0 bridgehead atoms. The van der Waals surface area contributed by atoms with Crippen molar-refractivity contribution < 1.29 is 24.2 Å². The first kappa shape index (κ1) is 26.5. The van der Waals surface area contributed by atoms with Crippen molar-refractivity contribution in [1.29, 1.82) is 0 Å². The third-order valence-electron chi connectivity index (χ3n) is 5.56. The van der Waals surface area contributed by atoms with Gasteiger partial charge in [-0.1, -0.05) is 36.4 Å². The molecule has 2 atom stereocenters. The van der Waals surface area contributed by atoms with Crippen LogP contribution in [0.1, 0.15) is 35.2 Å². The molecular weight excluding hydrogens is 486 g/mol. The number of thioether (sulfide) groups is 1. The van der Waals surface area contributed by atoms with Crippen LogP contribution in [0.25, 0.3) is 11.1 Å². The minimum atomic E-state index is -1.06. The molecule has 3 rings (SSSR count). The lowest BCUT2D eigenvalue weighted by Gasteiger charge is -2.17. The van der Waals surface area contributed by atoms with Crippen molar-refractivity contribution in [2.24, 2.45) is 0 Å². The monoisotopic (exact) mass is 515 g/mol. The smallest absolute Gasteiger partial charge is 0.326 e. The van der Waals surface area contributed by atoms with E-state index in [0.29, 0.717) is 42.9 Å². The minimum absolute atomic E-state index is 0.0222. The summed E-state index contributed by atoms with van der Waals surface area (Å²) in [5.74, 6) is -0.842. The number of aliphatic carboxylic acids is 1. The molecule has 1 aliphatic heterocycles. The van der Waals surface area contributed by atoms with Crippen LogP contribution in [0.3, 0.4) is 0 Å². The highest BCUT2D eigenvalue weighted by Crippen LogP contribution is 2.25. The number of ether oxygens (including phenoxy) is 1. The SMILES string of the molecule is CSCC[C@H](NC(=O)c1ccc(CNC(=S)OC[C@@H]2CCC(=O)N2)cc1-c1ccccc1)C(=O)O. The summed E-state index contributed by atoms with van der Waals surface area (Å²) in [6.45, 7) is 0.691. The first-order chi connectivity index (χ1) is 16.9. The largest absolute Gasteiger partial charge is 0.480 e. The molecule has 1 heterocycles. The van der Waals surface area contributed by atoms with Gasteiger partial charge in [0.15, 0.2) is 0 Å². The van der Waals surface area contributed by atoms with Crippen LogP contribution in [0.2, 0.25) is 0 Å². The Balaban J connectivity index is 1.70. The van der Waals surface area contributed by atoms with Crippen molar-refractivity contribution in [3.63, 3.8) is 0 Å². The summed E-state index contributed by atoms with van der Waals surface area (Å²) in [4.78, 5) is 36.0. The van der Waals surface area contributed by atoms with Crippen LogP contribution >= 0.6 is 24.0 Å². The Morgan fingerprint density at radius 3 is 2.69 bits per heavy atom. The Bertz CT molecular complexity index is 1060. The molecule has 35 heavy (non-hydrogen) atoms. The molecule has 2 aromatic rings. The van der Waals surface area contributed by atoms with E-state index < -0.39 is 17.9 Å². The number of thiocarbonyl (C=S) groups is 1. The first-order valence-corrected chi connectivity index (χ1v) is 13.1. The second-order valence-corrected chi connectivity index (χ2v) is 9.50. The molecule has 2 amide bonds. The van der Waals surface area contributed by atoms with Crippen molar-refractivity contribution in [3.05, 3.63) is 59.7 Å². The lowest BCUT2D eigenvalue weighted by atomic mass is 9.96. The summed E-state index contributed by atoms with van der Waals surface area (Å²) in [5, 5.41) is 18.3. The molecule has 0 aromatic heterocycles. The molecular formula is C25H29N3O5S2. The molecule has 0 radical (unpaired) electrons. The van der Waals surface area contributed by atoms with Gasteiger partial charge in [0.2, 0.25) is 5.91 Å². The highest BCUT2D eigenvalue weighted by molar-refractivity contribution is 7.98. The molecule has 10 heteroatoms. The Labute approximate surface area is 214 Å². The van der Waals surface area contributed by atoms with Gasteiger partial charge in [0.1, 0.15) is 12.6 Å². The fourth-order valence-electron chi connectivity index (χ4n) is 3.69. The number of carbonyl (C=O) groups excluding carboxylic acids is 2. The van der Waals surface area contributed by atoms with E-state index in [2.05, 4.69) is 16.0 Å². The van der Waals surface area contributed by atoms with Crippen molar-refractivity contribution >= 4 is 46.9 Å². The van der Waals surface area contributed by atoms with Gasteiger partial charge >= 0.3 is 5.97 Å². The maximum atomic E-state index is 13.1. The fraction of sp³-hybridized carbons (Fsp3) is 0.360. The van der Waals surface area contributed by atoms with E-state index in [1.165, 1.54) is 11.8 Å². The zero-order valence-electron chi connectivity index (χ0n) is 19.4. The van der Waals surface area contributed by atoms with Crippen molar-refractivity contribution in [2.45, 2.75) is 37.9 Å². The predicted octanol–water partition coefficient (Wildman–Crippen LogP) is 2.96.